The van der Waals surface area contributed by atoms with Crippen LogP contribution in [0.1, 0.15) is 47.0 Å². The standard InChI is InChI=1S/C12H26N2O2S/c1-5-9-14(11-7-6-8-13-10-11)17(15,16)12(2,3)4/h11,13H,5-10H2,1-4H3. The Kier molecular flexibility index (Phi) is 4.98. The zero-order valence-corrected chi connectivity index (χ0v) is 12.3. The van der Waals surface area contributed by atoms with Crippen LogP contribution in [-0.4, -0.2) is 43.1 Å². The maximum atomic E-state index is 12.5. The van der Waals surface area contributed by atoms with Crippen LogP contribution in [0.2, 0.25) is 0 Å². The number of piperidine rings is 1. The van der Waals surface area contributed by atoms with Gasteiger partial charge in [-0.15, -0.1) is 0 Å². The molecule has 1 aliphatic heterocycles. The third kappa shape index (κ3) is 3.42. The smallest absolute Gasteiger partial charge is 0.219 e. The van der Waals surface area contributed by atoms with Crippen molar-refractivity contribution >= 4 is 10.0 Å². The lowest BCUT2D eigenvalue weighted by atomic mass is 10.1. The number of nitrogens with zero attached hydrogens (tertiary/aromatic N) is 1. The molecule has 1 N–H and O–H groups in total. The molecule has 0 amide bonds. The Morgan fingerprint density at radius 1 is 1.35 bits per heavy atom. The van der Waals surface area contributed by atoms with Crippen molar-refractivity contribution in [2.24, 2.45) is 0 Å². The van der Waals surface area contributed by atoms with E-state index < -0.39 is 14.8 Å². The highest BCUT2D eigenvalue weighted by atomic mass is 32.2. The molecule has 1 fully saturated rings. The van der Waals surface area contributed by atoms with Gasteiger partial charge in [0.15, 0.2) is 0 Å². The molecule has 1 heterocycles. The number of sulfonamides is 1. The molecule has 0 aromatic carbocycles. The van der Waals surface area contributed by atoms with Crippen LogP contribution in [0.15, 0.2) is 0 Å². The molecule has 1 rings (SSSR count). The molecule has 1 atom stereocenters. The summed E-state index contributed by atoms with van der Waals surface area (Å²) >= 11 is 0. The Hall–Kier alpha value is -0.130. The molecule has 1 saturated heterocycles. The minimum absolute atomic E-state index is 0.132. The highest BCUT2D eigenvalue weighted by Gasteiger charge is 2.38. The Bertz CT molecular complexity index is 327. The summed E-state index contributed by atoms with van der Waals surface area (Å²) in [4.78, 5) is 0. The first-order valence-corrected chi connectivity index (χ1v) is 7.97. The number of rotatable bonds is 4. The summed E-state index contributed by atoms with van der Waals surface area (Å²) in [5, 5.41) is 3.29. The van der Waals surface area contributed by atoms with Crippen LogP contribution in [0.3, 0.4) is 0 Å². The van der Waals surface area contributed by atoms with Crippen molar-refractivity contribution in [1.29, 1.82) is 0 Å². The van der Waals surface area contributed by atoms with Crippen molar-refractivity contribution in [3.8, 4) is 0 Å². The normalized spacial score (nSPS) is 23.0. The molecule has 0 aromatic rings. The highest BCUT2D eigenvalue weighted by Crippen LogP contribution is 2.25. The van der Waals surface area contributed by atoms with Crippen LogP contribution >= 0.6 is 0 Å². The highest BCUT2D eigenvalue weighted by molar-refractivity contribution is 7.90. The monoisotopic (exact) mass is 262 g/mol. The van der Waals surface area contributed by atoms with Crippen LogP contribution in [0.5, 0.6) is 0 Å². The second kappa shape index (κ2) is 5.67. The molecule has 17 heavy (non-hydrogen) atoms. The zero-order valence-electron chi connectivity index (χ0n) is 11.5. The zero-order chi connectivity index (χ0) is 13.1. The van der Waals surface area contributed by atoms with Gasteiger partial charge in [0, 0.05) is 19.1 Å². The number of hydrogen-bond acceptors (Lipinski definition) is 3. The lowest BCUT2D eigenvalue weighted by molar-refractivity contribution is 0.260. The van der Waals surface area contributed by atoms with Crippen molar-refractivity contribution < 1.29 is 8.42 Å². The molecular weight excluding hydrogens is 236 g/mol. The Labute approximate surface area is 106 Å². The maximum absolute atomic E-state index is 12.5. The summed E-state index contributed by atoms with van der Waals surface area (Å²) in [5.41, 5.74) is 0. The van der Waals surface area contributed by atoms with Gasteiger partial charge in [-0.2, -0.15) is 4.31 Å². The van der Waals surface area contributed by atoms with Gasteiger partial charge in [-0.25, -0.2) is 8.42 Å². The topological polar surface area (TPSA) is 49.4 Å². The summed E-state index contributed by atoms with van der Waals surface area (Å²) in [6.07, 6.45) is 2.90. The summed E-state index contributed by atoms with van der Waals surface area (Å²) in [6.45, 7) is 9.79. The van der Waals surface area contributed by atoms with Gasteiger partial charge in [0.1, 0.15) is 0 Å². The molecule has 0 aromatic heterocycles. The lowest BCUT2D eigenvalue weighted by Crippen LogP contribution is -2.53. The van der Waals surface area contributed by atoms with E-state index in [2.05, 4.69) is 5.32 Å². The van der Waals surface area contributed by atoms with E-state index in [0.29, 0.717) is 6.54 Å². The van der Waals surface area contributed by atoms with E-state index in [9.17, 15) is 8.42 Å². The summed E-state index contributed by atoms with van der Waals surface area (Å²) < 4.78 is 26.1. The van der Waals surface area contributed by atoms with Crippen molar-refractivity contribution in [3.63, 3.8) is 0 Å². The van der Waals surface area contributed by atoms with Crippen LogP contribution in [0.4, 0.5) is 0 Å². The Balaban J connectivity index is 2.92. The van der Waals surface area contributed by atoms with Crippen LogP contribution in [0, 0.1) is 0 Å². The fraction of sp³-hybridized carbons (Fsp3) is 1.00. The van der Waals surface area contributed by atoms with E-state index in [-0.39, 0.29) is 6.04 Å². The molecule has 0 saturated carbocycles. The van der Waals surface area contributed by atoms with E-state index in [0.717, 1.165) is 32.4 Å². The van der Waals surface area contributed by atoms with Gasteiger partial charge < -0.3 is 5.32 Å². The average molecular weight is 262 g/mol. The Morgan fingerprint density at radius 2 is 2.00 bits per heavy atom. The molecular formula is C12H26N2O2S. The van der Waals surface area contributed by atoms with E-state index in [1.807, 2.05) is 6.92 Å². The lowest BCUT2D eigenvalue weighted by Gasteiger charge is -2.37. The fourth-order valence-electron chi connectivity index (χ4n) is 2.15. The van der Waals surface area contributed by atoms with Gasteiger partial charge >= 0.3 is 0 Å². The molecule has 1 aliphatic rings. The van der Waals surface area contributed by atoms with Gasteiger partial charge in [0.25, 0.3) is 0 Å². The second-order valence-electron chi connectivity index (χ2n) is 5.73. The van der Waals surface area contributed by atoms with Crippen molar-refractivity contribution in [2.75, 3.05) is 19.6 Å². The molecule has 0 radical (unpaired) electrons. The largest absolute Gasteiger partial charge is 0.315 e. The SMILES string of the molecule is CCCN(C1CCCNC1)S(=O)(=O)C(C)(C)C. The first-order chi connectivity index (χ1) is 7.80. The predicted octanol–water partition coefficient (Wildman–Crippen LogP) is 1.58. The first kappa shape index (κ1) is 14.9. The molecule has 1 unspecified atom stereocenters. The van der Waals surface area contributed by atoms with Gasteiger partial charge in [0.05, 0.1) is 4.75 Å². The predicted molar refractivity (Wildman–Crippen MR) is 71.6 cm³/mol. The average Bonchev–Trinajstić information content (AvgIpc) is 2.25. The van der Waals surface area contributed by atoms with Crippen LogP contribution in [-0.2, 0) is 10.0 Å². The quantitative estimate of drug-likeness (QED) is 0.837. The summed E-state index contributed by atoms with van der Waals surface area (Å²) in [7, 11) is -3.21. The minimum Gasteiger partial charge on any atom is -0.315 e. The third-order valence-electron chi connectivity index (χ3n) is 3.20. The maximum Gasteiger partial charge on any atom is 0.219 e. The number of nitrogens with one attached hydrogen (secondary N) is 1. The van der Waals surface area contributed by atoms with E-state index in [1.54, 1.807) is 25.1 Å². The summed E-state index contributed by atoms with van der Waals surface area (Å²) in [6, 6.07) is 0.132. The third-order valence-corrected chi connectivity index (χ3v) is 5.85. The molecule has 5 heteroatoms. The molecule has 0 aliphatic carbocycles. The van der Waals surface area contributed by atoms with Crippen LogP contribution < -0.4 is 5.32 Å². The van der Waals surface area contributed by atoms with Crippen molar-refractivity contribution in [3.05, 3.63) is 0 Å². The van der Waals surface area contributed by atoms with Gasteiger partial charge in [0.2, 0.25) is 10.0 Å². The van der Waals surface area contributed by atoms with Crippen molar-refractivity contribution in [2.45, 2.75) is 57.7 Å². The van der Waals surface area contributed by atoms with Gasteiger partial charge in [-0.1, -0.05) is 6.92 Å². The van der Waals surface area contributed by atoms with E-state index in [1.165, 1.54) is 0 Å². The minimum atomic E-state index is -3.21. The van der Waals surface area contributed by atoms with Gasteiger partial charge in [-0.05, 0) is 46.6 Å². The number of hydrogen-bond donors (Lipinski definition) is 1. The van der Waals surface area contributed by atoms with E-state index in [4.69, 9.17) is 0 Å². The van der Waals surface area contributed by atoms with Crippen LogP contribution in [0.25, 0.3) is 0 Å². The van der Waals surface area contributed by atoms with Crippen molar-refractivity contribution in [1.82, 2.24) is 9.62 Å². The molecule has 0 bridgehead atoms. The fourth-order valence-corrected chi connectivity index (χ4v) is 3.85. The summed E-state index contributed by atoms with van der Waals surface area (Å²) in [5.74, 6) is 0. The second-order valence-corrected chi connectivity index (χ2v) is 8.37. The Morgan fingerprint density at radius 3 is 2.41 bits per heavy atom. The van der Waals surface area contributed by atoms with E-state index >= 15 is 0 Å². The molecule has 102 valence electrons. The first-order valence-electron chi connectivity index (χ1n) is 6.53. The van der Waals surface area contributed by atoms with Gasteiger partial charge in [-0.3, -0.25) is 0 Å². The molecule has 0 spiro atoms. The molecule has 4 nitrogen and oxygen atoms in total.